The summed E-state index contributed by atoms with van der Waals surface area (Å²) in [5.74, 6) is 0.898. The summed E-state index contributed by atoms with van der Waals surface area (Å²) >= 11 is 1.42. The van der Waals surface area contributed by atoms with Crippen LogP contribution in [-0.4, -0.2) is 29.0 Å². The van der Waals surface area contributed by atoms with E-state index in [1.807, 2.05) is 0 Å². The van der Waals surface area contributed by atoms with Gasteiger partial charge in [0, 0.05) is 6.92 Å². The van der Waals surface area contributed by atoms with Gasteiger partial charge in [0.1, 0.15) is 0 Å². The molecule has 1 aliphatic heterocycles. The molecular formula is C8H15NOS. The van der Waals surface area contributed by atoms with Crippen molar-refractivity contribution in [1.82, 2.24) is 4.90 Å². The third-order valence-corrected chi connectivity index (χ3v) is 2.80. The summed E-state index contributed by atoms with van der Waals surface area (Å²) in [6.45, 7) is 4.00. The maximum absolute atomic E-state index is 10.6. The number of hydrogen-bond acceptors (Lipinski definition) is 3. The van der Waals surface area contributed by atoms with E-state index >= 15 is 0 Å². The highest BCUT2D eigenvalue weighted by Crippen LogP contribution is 2.12. The number of carbonyl (C=O) groups is 1. The highest BCUT2D eigenvalue weighted by molar-refractivity contribution is 8.13. The number of carbonyl (C=O) groups excluding carboxylic acids is 1. The Morgan fingerprint density at radius 1 is 1.36 bits per heavy atom. The molecule has 0 N–H and O–H groups in total. The standard InChI is InChI=1S/C8H15NOS/c1-8(10)11-7-9-5-3-2-4-6-9/h2-7H2,1H3. The van der Waals surface area contributed by atoms with Crippen LogP contribution in [0.3, 0.4) is 0 Å². The SMILES string of the molecule is CC(=O)SCN1CCCCC1. The van der Waals surface area contributed by atoms with Crippen LogP contribution in [0.1, 0.15) is 26.2 Å². The molecular weight excluding hydrogens is 158 g/mol. The number of hydrogen-bond donors (Lipinski definition) is 0. The monoisotopic (exact) mass is 173 g/mol. The van der Waals surface area contributed by atoms with Gasteiger partial charge < -0.3 is 0 Å². The molecule has 2 nitrogen and oxygen atoms in total. The second-order valence-electron chi connectivity index (χ2n) is 2.94. The number of nitrogens with zero attached hydrogens (tertiary/aromatic N) is 1. The molecule has 0 spiro atoms. The Morgan fingerprint density at radius 2 is 2.00 bits per heavy atom. The molecule has 0 aliphatic carbocycles. The minimum absolute atomic E-state index is 0.232. The number of piperidine rings is 1. The summed E-state index contributed by atoms with van der Waals surface area (Å²) < 4.78 is 0. The molecule has 0 saturated carbocycles. The summed E-state index contributed by atoms with van der Waals surface area (Å²) in [6.07, 6.45) is 3.97. The van der Waals surface area contributed by atoms with Gasteiger partial charge in [-0.2, -0.15) is 0 Å². The Kier molecular flexibility index (Phi) is 3.94. The van der Waals surface area contributed by atoms with E-state index in [1.54, 1.807) is 6.92 Å². The zero-order chi connectivity index (χ0) is 8.10. The van der Waals surface area contributed by atoms with Crippen LogP contribution in [0, 0.1) is 0 Å². The first-order valence-electron chi connectivity index (χ1n) is 4.15. The lowest BCUT2D eigenvalue weighted by molar-refractivity contribution is -0.109. The molecule has 0 radical (unpaired) electrons. The summed E-state index contributed by atoms with van der Waals surface area (Å²) in [4.78, 5) is 13.0. The van der Waals surface area contributed by atoms with E-state index in [9.17, 15) is 4.79 Å². The van der Waals surface area contributed by atoms with E-state index in [2.05, 4.69) is 4.90 Å². The van der Waals surface area contributed by atoms with Crippen LogP contribution < -0.4 is 0 Å². The molecule has 0 aromatic rings. The van der Waals surface area contributed by atoms with Gasteiger partial charge in [0.15, 0.2) is 5.12 Å². The van der Waals surface area contributed by atoms with E-state index in [0.717, 1.165) is 5.88 Å². The minimum atomic E-state index is 0.232. The van der Waals surface area contributed by atoms with Gasteiger partial charge in [-0.05, 0) is 25.9 Å². The van der Waals surface area contributed by atoms with Crippen molar-refractivity contribution in [1.29, 1.82) is 0 Å². The Hall–Kier alpha value is -0.0200. The molecule has 1 rings (SSSR count). The molecule has 0 atom stereocenters. The van der Waals surface area contributed by atoms with Gasteiger partial charge in [0.25, 0.3) is 0 Å². The number of rotatable bonds is 2. The molecule has 11 heavy (non-hydrogen) atoms. The predicted molar refractivity (Wildman–Crippen MR) is 48.6 cm³/mol. The van der Waals surface area contributed by atoms with Gasteiger partial charge in [0.05, 0.1) is 5.88 Å². The lowest BCUT2D eigenvalue weighted by Crippen LogP contribution is -2.29. The van der Waals surface area contributed by atoms with E-state index in [4.69, 9.17) is 0 Å². The van der Waals surface area contributed by atoms with E-state index in [1.165, 1.54) is 44.1 Å². The highest BCUT2D eigenvalue weighted by atomic mass is 32.2. The molecule has 3 heteroatoms. The van der Waals surface area contributed by atoms with Crippen LogP contribution in [-0.2, 0) is 4.79 Å². The first-order valence-corrected chi connectivity index (χ1v) is 5.13. The van der Waals surface area contributed by atoms with Gasteiger partial charge in [-0.3, -0.25) is 9.69 Å². The van der Waals surface area contributed by atoms with E-state index in [-0.39, 0.29) is 5.12 Å². The van der Waals surface area contributed by atoms with Crippen molar-refractivity contribution in [3.8, 4) is 0 Å². The summed E-state index contributed by atoms with van der Waals surface area (Å²) in [6, 6.07) is 0. The maximum Gasteiger partial charge on any atom is 0.187 e. The summed E-state index contributed by atoms with van der Waals surface area (Å²) in [5.41, 5.74) is 0. The van der Waals surface area contributed by atoms with Crippen molar-refractivity contribution in [2.75, 3.05) is 19.0 Å². The molecule has 0 amide bonds. The quantitative estimate of drug-likeness (QED) is 0.634. The molecule has 1 fully saturated rings. The van der Waals surface area contributed by atoms with Crippen LogP contribution in [0.5, 0.6) is 0 Å². The van der Waals surface area contributed by atoms with Crippen molar-refractivity contribution in [2.24, 2.45) is 0 Å². The number of thioether (sulfide) groups is 1. The average Bonchev–Trinajstić information content (AvgIpc) is 2.03. The van der Waals surface area contributed by atoms with Crippen molar-refractivity contribution >= 4 is 16.9 Å². The van der Waals surface area contributed by atoms with Crippen molar-refractivity contribution < 1.29 is 4.79 Å². The highest BCUT2D eigenvalue weighted by Gasteiger charge is 2.09. The van der Waals surface area contributed by atoms with Gasteiger partial charge in [-0.25, -0.2) is 0 Å². The van der Waals surface area contributed by atoms with Crippen LogP contribution in [0.2, 0.25) is 0 Å². The molecule has 0 bridgehead atoms. The Morgan fingerprint density at radius 3 is 2.55 bits per heavy atom. The van der Waals surface area contributed by atoms with E-state index < -0.39 is 0 Å². The average molecular weight is 173 g/mol. The number of likely N-dealkylation sites (tertiary alicyclic amines) is 1. The smallest absolute Gasteiger partial charge is 0.187 e. The van der Waals surface area contributed by atoms with E-state index in [0.29, 0.717) is 0 Å². The zero-order valence-electron chi connectivity index (χ0n) is 7.01. The first-order chi connectivity index (χ1) is 5.29. The predicted octanol–water partition coefficient (Wildman–Crippen LogP) is 1.71. The molecule has 1 saturated heterocycles. The fraction of sp³-hybridized carbons (Fsp3) is 0.875. The maximum atomic E-state index is 10.6. The first kappa shape index (κ1) is 9.07. The molecule has 0 unspecified atom stereocenters. The largest absolute Gasteiger partial charge is 0.294 e. The summed E-state index contributed by atoms with van der Waals surface area (Å²) in [5, 5.41) is 0.232. The van der Waals surface area contributed by atoms with Crippen LogP contribution >= 0.6 is 11.8 Å². The Bertz CT molecular complexity index is 132. The minimum Gasteiger partial charge on any atom is -0.294 e. The second-order valence-corrected chi connectivity index (χ2v) is 4.07. The van der Waals surface area contributed by atoms with Gasteiger partial charge in [0.2, 0.25) is 0 Å². The van der Waals surface area contributed by atoms with Crippen LogP contribution in [0.15, 0.2) is 0 Å². The molecule has 0 aromatic heterocycles. The fourth-order valence-electron chi connectivity index (χ4n) is 1.27. The molecule has 0 aromatic carbocycles. The fourth-order valence-corrected chi connectivity index (χ4v) is 1.89. The zero-order valence-corrected chi connectivity index (χ0v) is 7.82. The van der Waals surface area contributed by atoms with Crippen molar-refractivity contribution in [2.45, 2.75) is 26.2 Å². The van der Waals surface area contributed by atoms with Gasteiger partial charge >= 0.3 is 0 Å². The Balaban J connectivity index is 2.09. The lowest BCUT2D eigenvalue weighted by Gasteiger charge is -2.25. The van der Waals surface area contributed by atoms with Gasteiger partial charge in [-0.1, -0.05) is 18.2 Å². The third-order valence-electron chi connectivity index (χ3n) is 1.90. The lowest BCUT2D eigenvalue weighted by atomic mass is 10.1. The summed E-state index contributed by atoms with van der Waals surface area (Å²) in [7, 11) is 0. The second kappa shape index (κ2) is 4.78. The molecule has 64 valence electrons. The van der Waals surface area contributed by atoms with Gasteiger partial charge in [-0.15, -0.1) is 0 Å². The van der Waals surface area contributed by atoms with Crippen molar-refractivity contribution in [3.05, 3.63) is 0 Å². The molecule has 1 aliphatic rings. The normalized spacial score (nSPS) is 20.1. The van der Waals surface area contributed by atoms with Crippen molar-refractivity contribution in [3.63, 3.8) is 0 Å². The third kappa shape index (κ3) is 3.77. The van der Waals surface area contributed by atoms with Crippen LogP contribution in [0.25, 0.3) is 0 Å². The topological polar surface area (TPSA) is 20.3 Å². The Labute approximate surface area is 72.3 Å². The van der Waals surface area contributed by atoms with Crippen LogP contribution in [0.4, 0.5) is 0 Å². The molecule has 1 heterocycles.